The summed E-state index contributed by atoms with van der Waals surface area (Å²) in [6, 6.07) is 13.2. The monoisotopic (exact) mass is 583 g/mol. The van der Waals surface area contributed by atoms with Crippen LogP contribution in [0.4, 0.5) is 0 Å². The van der Waals surface area contributed by atoms with E-state index in [0.29, 0.717) is 25.1 Å². The Labute approximate surface area is 258 Å². The van der Waals surface area contributed by atoms with Gasteiger partial charge in [0, 0.05) is 29.2 Å². The van der Waals surface area contributed by atoms with Crippen LogP contribution >= 0.6 is 0 Å². The van der Waals surface area contributed by atoms with Crippen LogP contribution in [0.2, 0.25) is 0 Å². The Kier molecular flexibility index (Phi) is 10.9. The minimum Gasteiger partial charge on any atom is -0.493 e. The standard InChI is InChI=1S/C38H49NO4/c1-6-30-27-35(40)39(36(30)41)23-13-9-10-14-24-43-34-18-17-33(26-29(34)5)38(7-2,8-3)32-16-15-31(28(4)25-32)19-22-37(42)20-11-12-21-37/h15-18,25-27,42H,6-14,20-21,23-24H2,1-5H3. The van der Waals surface area contributed by atoms with Crippen molar-refractivity contribution < 1.29 is 19.4 Å². The quantitative estimate of drug-likeness (QED) is 0.149. The molecule has 1 fully saturated rings. The number of rotatable bonds is 13. The molecular formula is C38H49NO4. The number of aliphatic hydroxyl groups is 1. The average molecular weight is 584 g/mol. The van der Waals surface area contributed by atoms with Gasteiger partial charge in [-0.1, -0.05) is 69.7 Å². The number of hydrogen-bond acceptors (Lipinski definition) is 4. The number of benzene rings is 2. The summed E-state index contributed by atoms with van der Waals surface area (Å²) in [6.07, 6.45) is 11.4. The maximum Gasteiger partial charge on any atom is 0.256 e. The zero-order chi connectivity index (χ0) is 31.0. The van der Waals surface area contributed by atoms with Gasteiger partial charge in [-0.3, -0.25) is 14.5 Å². The Balaban J connectivity index is 1.33. The van der Waals surface area contributed by atoms with Gasteiger partial charge in [0.1, 0.15) is 11.4 Å². The first kappa shape index (κ1) is 32.6. The molecule has 1 aliphatic carbocycles. The van der Waals surface area contributed by atoms with Crippen molar-refractivity contribution in [1.29, 1.82) is 0 Å². The molecule has 43 heavy (non-hydrogen) atoms. The van der Waals surface area contributed by atoms with Crippen molar-refractivity contribution in [1.82, 2.24) is 4.90 Å². The van der Waals surface area contributed by atoms with Crippen LogP contribution in [0, 0.1) is 25.7 Å². The summed E-state index contributed by atoms with van der Waals surface area (Å²) in [6.45, 7) is 11.8. The van der Waals surface area contributed by atoms with E-state index in [0.717, 1.165) is 86.6 Å². The number of amides is 2. The van der Waals surface area contributed by atoms with Gasteiger partial charge in [-0.05, 0) is 106 Å². The van der Waals surface area contributed by atoms with Crippen molar-refractivity contribution in [3.63, 3.8) is 0 Å². The number of hydrogen-bond donors (Lipinski definition) is 1. The van der Waals surface area contributed by atoms with Gasteiger partial charge < -0.3 is 9.84 Å². The van der Waals surface area contributed by atoms with Crippen LogP contribution in [0.15, 0.2) is 48.0 Å². The minimum absolute atomic E-state index is 0.102. The molecule has 5 nitrogen and oxygen atoms in total. The molecule has 0 bridgehead atoms. The first-order valence-electron chi connectivity index (χ1n) is 16.3. The fourth-order valence-corrected chi connectivity index (χ4v) is 6.65. The zero-order valence-corrected chi connectivity index (χ0v) is 26.9. The number of nitrogens with zero attached hydrogens (tertiary/aromatic N) is 1. The number of unbranched alkanes of at least 4 members (excludes halogenated alkanes) is 3. The summed E-state index contributed by atoms with van der Waals surface area (Å²) in [4.78, 5) is 25.6. The molecule has 4 rings (SSSR count). The number of aryl methyl sites for hydroxylation is 2. The highest BCUT2D eigenvalue weighted by Gasteiger charge is 2.32. The molecule has 5 heteroatoms. The Morgan fingerprint density at radius 3 is 2.16 bits per heavy atom. The molecule has 0 spiro atoms. The van der Waals surface area contributed by atoms with Crippen molar-refractivity contribution in [2.75, 3.05) is 13.2 Å². The van der Waals surface area contributed by atoms with E-state index in [1.807, 2.05) is 6.92 Å². The number of ether oxygens (including phenoxy) is 1. The fourth-order valence-electron chi connectivity index (χ4n) is 6.65. The van der Waals surface area contributed by atoms with Crippen LogP contribution in [0.5, 0.6) is 5.75 Å². The maximum absolute atomic E-state index is 12.2. The molecule has 0 atom stereocenters. The molecule has 2 amide bonds. The number of imide groups is 1. The summed E-state index contributed by atoms with van der Waals surface area (Å²) in [5.41, 5.74) is 5.56. The average Bonchev–Trinajstić information content (AvgIpc) is 3.55. The predicted molar refractivity (Wildman–Crippen MR) is 173 cm³/mol. The largest absolute Gasteiger partial charge is 0.493 e. The number of carbonyl (C=O) groups excluding carboxylic acids is 2. The van der Waals surface area contributed by atoms with Gasteiger partial charge >= 0.3 is 0 Å². The summed E-state index contributed by atoms with van der Waals surface area (Å²) in [7, 11) is 0. The Bertz CT molecular complexity index is 1400. The van der Waals surface area contributed by atoms with Gasteiger partial charge in [-0.25, -0.2) is 0 Å². The van der Waals surface area contributed by atoms with Crippen LogP contribution in [0.25, 0.3) is 0 Å². The predicted octanol–water partition coefficient (Wildman–Crippen LogP) is 7.71. The lowest BCUT2D eigenvalue weighted by Crippen LogP contribution is -2.31. The SMILES string of the molecule is CCC1=CC(=O)N(CCCCCCOc2ccc(C(CC)(CC)c3ccc(C#CC4(O)CCCC4)c(C)c3)cc2C)C1=O. The summed E-state index contributed by atoms with van der Waals surface area (Å²) >= 11 is 0. The van der Waals surface area contributed by atoms with Crippen LogP contribution in [-0.2, 0) is 15.0 Å². The van der Waals surface area contributed by atoms with Gasteiger partial charge in [0.15, 0.2) is 0 Å². The molecule has 2 aromatic carbocycles. The van der Waals surface area contributed by atoms with Crippen molar-refractivity contribution in [2.45, 2.75) is 116 Å². The highest BCUT2D eigenvalue weighted by Crippen LogP contribution is 2.41. The molecular weight excluding hydrogens is 534 g/mol. The smallest absolute Gasteiger partial charge is 0.256 e. The van der Waals surface area contributed by atoms with E-state index in [1.165, 1.54) is 22.1 Å². The van der Waals surface area contributed by atoms with Crippen LogP contribution in [0.3, 0.4) is 0 Å². The topological polar surface area (TPSA) is 66.8 Å². The molecule has 1 saturated carbocycles. The normalized spacial score (nSPS) is 16.3. The van der Waals surface area contributed by atoms with E-state index in [1.54, 1.807) is 0 Å². The molecule has 0 aromatic heterocycles. The third-order valence-electron chi connectivity index (χ3n) is 9.57. The van der Waals surface area contributed by atoms with E-state index in [2.05, 4.69) is 75.9 Å². The Hall–Kier alpha value is -3.36. The second-order valence-corrected chi connectivity index (χ2v) is 12.4. The first-order valence-corrected chi connectivity index (χ1v) is 16.3. The van der Waals surface area contributed by atoms with E-state index in [9.17, 15) is 14.7 Å². The van der Waals surface area contributed by atoms with Crippen molar-refractivity contribution >= 4 is 11.8 Å². The van der Waals surface area contributed by atoms with Crippen LogP contribution < -0.4 is 4.74 Å². The van der Waals surface area contributed by atoms with E-state index in [-0.39, 0.29) is 17.2 Å². The molecule has 0 saturated heterocycles. The Morgan fingerprint density at radius 1 is 0.907 bits per heavy atom. The summed E-state index contributed by atoms with van der Waals surface area (Å²) < 4.78 is 6.17. The number of carbonyl (C=O) groups is 2. The molecule has 2 aliphatic rings. The van der Waals surface area contributed by atoms with Crippen molar-refractivity contribution in [3.05, 3.63) is 75.9 Å². The zero-order valence-electron chi connectivity index (χ0n) is 26.9. The molecule has 230 valence electrons. The maximum atomic E-state index is 12.2. The molecule has 1 N–H and O–H groups in total. The highest BCUT2D eigenvalue weighted by atomic mass is 16.5. The first-order chi connectivity index (χ1) is 20.7. The van der Waals surface area contributed by atoms with Crippen LogP contribution in [0.1, 0.15) is 119 Å². The molecule has 1 aliphatic heterocycles. The van der Waals surface area contributed by atoms with E-state index < -0.39 is 5.60 Å². The minimum atomic E-state index is -0.823. The van der Waals surface area contributed by atoms with Crippen LogP contribution in [-0.4, -0.2) is 40.6 Å². The second-order valence-electron chi connectivity index (χ2n) is 12.4. The van der Waals surface area contributed by atoms with E-state index >= 15 is 0 Å². The Morgan fingerprint density at radius 2 is 1.56 bits per heavy atom. The lowest BCUT2D eigenvalue weighted by molar-refractivity contribution is -0.137. The summed E-state index contributed by atoms with van der Waals surface area (Å²) in [5.74, 6) is 7.06. The second kappa shape index (κ2) is 14.4. The molecule has 1 heterocycles. The fraction of sp³-hybridized carbons (Fsp3) is 0.526. The molecule has 2 aromatic rings. The third kappa shape index (κ3) is 7.42. The van der Waals surface area contributed by atoms with Gasteiger partial charge in [0.2, 0.25) is 0 Å². The highest BCUT2D eigenvalue weighted by molar-refractivity contribution is 6.16. The van der Waals surface area contributed by atoms with Crippen molar-refractivity contribution in [2.24, 2.45) is 0 Å². The lowest BCUT2D eigenvalue weighted by atomic mass is 9.70. The lowest BCUT2D eigenvalue weighted by Gasteiger charge is -2.34. The van der Waals surface area contributed by atoms with Gasteiger partial charge in [-0.15, -0.1) is 0 Å². The summed E-state index contributed by atoms with van der Waals surface area (Å²) in [5, 5.41) is 10.7. The molecule has 0 unspecified atom stereocenters. The van der Waals surface area contributed by atoms with Gasteiger partial charge in [0.05, 0.1) is 6.61 Å². The van der Waals surface area contributed by atoms with Crippen molar-refractivity contribution in [3.8, 4) is 17.6 Å². The third-order valence-corrected chi connectivity index (χ3v) is 9.57. The van der Waals surface area contributed by atoms with E-state index in [4.69, 9.17) is 4.74 Å². The molecule has 0 radical (unpaired) electrons. The van der Waals surface area contributed by atoms with Gasteiger partial charge in [0.25, 0.3) is 11.8 Å². The van der Waals surface area contributed by atoms with Gasteiger partial charge in [-0.2, -0.15) is 0 Å².